The average Bonchev–Trinajstić information content (AvgIpc) is 2.38. The zero-order valence-corrected chi connectivity index (χ0v) is 13.0. The molecule has 0 unspecified atom stereocenters. The number of nitrogens with zero attached hydrogens (tertiary/aromatic N) is 2. The van der Waals surface area contributed by atoms with Gasteiger partial charge in [0, 0.05) is 12.2 Å². The number of esters is 1. The van der Waals surface area contributed by atoms with Crippen LogP contribution in [0, 0.1) is 0 Å². The van der Waals surface area contributed by atoms with Crippen LogP contribution < -0.4 is 0 Å². The average molecular weight is 319 g/mol. The van der Waals surface area contributed by atoms with Crippen molar-refractivity contribution in [2.45, 2.75) is 26.8 Å². The number of carbonyl (C=O) groups excluding carboxylic acids is 2. The Labute approximate surface area is 127 Å². The number of aromatic nitrogens is 1. The van der Waals surface area contributed by atoms with Crippen molar-refractivity contribution in [2.75, 3.05) is 13.2 Å². The fraction of sp³-hybridized carbons (Fsp3) is 0.462. The lowest BCUT2D eigenvalue weighted by Crippen LogP contribution is -2.41. The van der Waals surface area contributed by atoms with Crippen molar-refractivity contribution >= 4 is 35.1 Å². The second-order valence-electron chi connectivity index (χ2n) is 4.33. The van der Waals surface area contributed by atoms with Crippen molar-refractivity contribution in [3.8, 4) is 0 Å². The predicted octanol–water partition coefficient (Wildman–Crippen LogP) is 2.80. The second-order valence-corrected chi connectivity index (χ2v) is 5.09. The predicted molar refractivity (Wildman–Crippen MR) is 77.1 cm³/mol. The van der Waals surface area contributed by atoms with Crippen LogP contribution in [-0.2, 0) is 9.53 Å². The van der Waals surface area contributed by atoms with Crippen molar-refractivity contribution in [2.24, 2.45) is 0 Å². The maximum atomic E-state index is 12.4. The van der Waals surface area contributed by atoms with Gasteiger partial charge in [-0.25, -0.2) is 4.98 Å². The number of ether oxygens (including phenoxy) is 1. The number of amides is 1. The minimum absolute atomic E-state index is 0.120. The van der Waals surface area contributed by atoms with Gasteiger partial charge in [-0.15, -0.1) is 0 Å². The Morgan fingerprint density at radius 2 is 2.05 bits per heavy atom. The maximum absolute atomic E-state index is 12.4. The van der Waals surface area contributed by atoms with E-state index in [1.54, 1.807) is 6.92 Å². The number of rotatable bonds is 5. The number of hydrogen-bond donors (Lipinski definition) is 0. The summed E-state index contributed by atoms with van der Waals surface area (Å²) in [5.41, 5.74) is 0.275. The summed E-state index contributed by atoms with van der Waals surface area (Å²) in [5, 5.41) is 0.321. The minimum atomic E-state index is -0.456. The molecule has 0 radical (unpaired) electrons. The van der Waals surface area contributed by atoms with Crippen LogP contribution in [0.3, 0.4) is 0 Å². The first-order valence-electron chi connectivity index (χ1n) is 6.14. The molecule has 0 N–H and O–H groups in total. The van der Waals surface area contributed by atoms with Crippen LogP contribution in [0.4, 0.5) is 0 Å². The molecule has 1 aromatic rings. The fourth-order valence-corrected chi connectivity index (χ4v) is 1.81. The van der Waals surface area contributed by atoms with Gasteiger partial charge in [0.2, 0.25) is 0 Å². The largest absolute Gasteiger partial charge is 0.465 e. The highest BCUT2D eigenvalue weighted by Crippen LogP contribution is 2.21. The van der Waals surface area contributed by atoms with E-state index < -0.39 is 5.97 Å². The molecule has 110 valence electrons. The summed E-state index contributed by atoms with van der Waals surface area (Å²) in [7, 11) is 0. The SMILES string of the molecule is CCOC(=O)CN(C(=O)c1cnc(Cl)c(Cl)c1)C(C)C. The lowest BCUT2D eigenvalue weighted by atomic mass is 10.2. The van der Waals surface area contributed by atoms with Crippen molar-refractivity contribution in [3.63, 3.8) is 0 Å². The van der Waals surface area contributed by atoms with Gasteiger partial charge in [0.1, 0.15) is 11.7 Å². The quantitative estimate of drug-likeness (QED) is 0.618. The van der Waals surface area contributed by atoms with Gasteiger partial charge in [-0.1, -0.05) is 23.2 Å². The highest BCUT2D eigenvalue weighted by molar-refractivity contribution is 6.41. The van der Waals surface area contributed by atoms with Gasteiger partial charge in [0.05, 0.1) is 17.2 Å². The standard InChI is InChI=1S/C13H16Cl2N2O3/c1-4-20-11(18)7-17(8(2)3)13(19)9-5-10(14)12(15)16-6-9/h5-6,8H,4,7H2,1-3H3. The Hall–Kier alpha value is -1.33. The summed E-state index contributed by atoms with van der Waals surface area (Å²) in [6.07, 6.45) is 1.33. The van der Waals surface area contributed by atoms with Crippen LogP contribution in [0.1, 0.15) is 31.1 Å². The minimum Gasteiger partial charge on any atom is -0.465 e. The zero-order valence-electron chi connectivity index (χ0n) is 11.5. The van der Waals surface area contributed by atoms with Gasteiger partial charge < -0.3 is 9.64 Å². The smallest absolute Gasteiger partial charge is 0.325 e. The van der Waals surface area contributed by atoms with E-state index in [-0.39, 0.29) is 40.8 Å². The van der Waals surface area contributed by atoms with Crippen molar-refractivity contribution in [3.05, 3.63) is 28.0 Å². The fourth-order valence-electron chi connectivity index (χ4n) is 1.54. The number of hydrogen-bond acceptors (Lipinski definition) is 4. The van der Waals surface area contributed by atoms with Crippen LogP contribution in [0.2, 0.25) is 10.2 Å². The van der Waals surface area contributed by atoms with Gasteiger partial charge >= 0.3 is 5.97 Å². The number of carbonyl (C=O) groups is 2. The van der Waals surface area contributed by atoms with E-state index in [0.29, 0.717) is 0 Å². The molecule has 1 heterocycles. The van der Waals surface area contributed by atoms with E-state index in [2.05, 4.69) is 4.98 Å². The van der Waals surface area contributed by atoms with E-state index in [0.717, 1.165) is 0 Å². The third-order valence-corrected chi connectivity index (χ3v) is 3.22. The zero-order chi connectivity index (χ0) is 15.3. The molecule has 5 nitrogen and oxygen atoms in total. The van der Waals surface area contributed by atoms with Gasteiger partial charge in [-0.3, -0.25) is 9.59 Å². The van der Waals surface area contributed by atoms with Crippen LogP contribution in [0.15, 0.2) is 12.3 Å². The Morgan fingerprint density at radius 3 is 2.55 bits per heavy atom. The molecular weight excluding hydrogens is 303 g/mol. The van der Waals surface area contributed by atoms with Crippen molar-refractivity contribution in [1.82, 2.24) is 9.88 Å². The molecule has 0 saturated heterocycles. The molecule has 0 spiro atoms. The van der Waals surface area contributed by atoms with E-state index in [1.165, 1.54) is 17.2 Å². The lowest BCUT2D eigenvalue weighted by Gasteiger charge is -2.25. The molecule has 0 aliphatic carbocycles. The Bertz CT molecular complexity index is 506. The molecule has 7 heteroatoms. The molecule has 0 aliphatic heterocycles. The molecule has 1 rings (SSSR count). The molecule has 20 heavy (non-hydrogen) atoms. The highest BCUT2D eigenvalue weighted by atomic mass is 35.5. The summed E-state index contributed by atoms with van der Waals surface area (Å²) in [6, 6.07) is 1.26. The summed E-state index contributed by atoms with van der Waals surface area (Å²) in [4.78, 5) is 29.1. The van der Waals surface area contributed by atoms with E-state index >= 15 is 0 Å². The van der Waals surface area contributed by atoms with Crippen LogP contribution in [-0.4, -0.2) is 41.0 Å². The van der Waals surface area contributed by atoms with Crippen LogP contribution >= 0.6 is 23.2 Å². The van der Waals surface area contributed by atoms with E-state index in [1.807, 2.05) is 13.8 Å². The summed E-state index contributed by atoms with van der Waals surface area (Å²) in [5.74, 6) is -0.804. The molecule has 1 aromatic heterocycles. The lowest BCUT2D eigenvalue weighted by molar-refractivity contribution is -0.144. The molecule has 0 fully saturated rings. The third-order valence-electron chi connectivity index (χ3n) is 2.53. The molecule has 0 aliphatic rings. The Kier molecular flexibility index (Phi) is 6.23. The van der Waals surface area contributed by atoms with Crippen molar-refractivity contribution < 1.29 is 14.3 Å². The molecule has 0 atom stereocenters. The first-order valence-corrected chi connectivity index (χ1v) is 6.90. The maximum Gasteiger partial charge on any atom is 0.325 e. The first kappa shape index (κ1) is 16.7. The first-order chi connectivity index (χ1) is 9.36. The van der Waals surface area contributed by atoms with Gasteiger partial charge in [0.25, 0.3) is 5.91 Å². The third kappa shape index (κ3) is 4.35. The molecule has 0 aromatic carbocycles. The van der Waals surface area contributed by atoms with Gasteiger partial charge in [-0.2, -0.15) is 0 Å². The Balaban J connectivity index is 2.93. The van der Waals surface area contributed by atoms with Gasteiger partial charge in [-0.05, 0) is 26.8 Å². The van der Waals surface area contributed by atoms with E-state index in [4.69, 9.17) is 27.9 Å². The van der Waals surface area contributed by atoms with E-state index in [9.17, 15) is 9.59 Å². The molecule has 0 saturated carbocycles. The van der Waals surface area contributed by atoms with Crippen LogP contribution in [0.25, 0.3) is 0 Å². The van der Waals surface area contributed by atoms with Crippen molar-refractivity contribution in [1.29, 1.82) is 0 Å². The number of halogens is 2. The second kappa shape index (κ2) is 7.45. The Morgan fingerprint density at radius 1 is 1.40 bits per heavy atom. The summed E-state index contributed by atoms with van der Waals surface area (Å²) >= 11 is 11.6. The molecule has 1 amide bonds. The topological polar surface area (TPSA) is 59.5 Å². The summed E-state index contributed by atoms with van der Waals surface area (Å²) < 4.78 is 4.86. The van der Waals surface area contributed by atoms with Crippen LogP contribution in [0.5, 0.6) is 0 Å². The number of pyridine rings is 1. The van der Waals surface area contributed by atoms with Gasteiger partial charge in [0.15, 0.2) is 0 Å². The summed E-state index contributed by atoms with van der Waals surface area (Å²) in [6.45, 7) is 5.48. The normalized spacial score (nSPS) is 10.5. The monoisotopic (exact) mass is 318 g/mol. The molecule has 0 bridgehead atoms. The molecular formula is C13H16Cl2N2O3. The highest BCUT2D eigenvalue weighted by Gasteiger charge is 2.23.